The molecule has 1 N–H and O–H groups in total. The summed E-state index contributed by atoms with van der Waals surface area (Å²) in [6.45, 7) is 8.89. The highest BCUT2D eigenvalue weighted by molar-refractivity contribution is 6.01. The molecule has 0 bridgehead atoms. The standard InChI is InChI=1S/C24H31FO5/c1-13(26)24-19(29-20(2,3)30-24)11-17-16-7-6-14-10-15(27)8-9-21(14,4)23(16,25)18(28)12-22(17,24)5/h8-10,16-19,28H,6-7,11-12H2,1-5H3/t16-,17-,18-,19-,21-,22-,23-,24+/m0/s1. The number of Topliss-reactive ketones (excluding diaryl/α,β-unsaturated/α-hetero) is 1. The first kappa shape index (κ1) is 20.5. The third kappa shape index (κ3) is 2.08. The number of alkyl halides is 1. The SMILES string of the molecule is CC(=O)[C@@]12OC(C)(C)O[C@H]1C[C@H]1[C@@H]3CCC4=CC(=O)C=C[C@]4(C)[C@@]3(F)[C@@H](O)C[C@@]12C. The van der Waals surface area contributed by atoms with E-state index in [0.29, 0.717) is 19.3 Å². The minimum absolute atomic E-state index is 0.116. The summed E-state index contributed by atoms with van der Waals surface area (Å²) >= 11 is 0. The topological polar surface area (TPSA) is 72.8 Å². The largest absolute Gasteiger partial charge is 0.390 e. The van der Waals surface area contributed by atoms with Crippen molar-refractivity contribution in [3.63, 3.8) is 0 Å². The second-order valence-corrected chi connectivity index (χ2v) is 10.9. The number of halogens is 1. The average Bonchev–Trinajstić information content (AvgIpc) is 3.04. The molecule has 4 fully saturated rings. The van der Waals surface area contributed by atoms with Gasteiger partial charge in [0.15, 0.2) is 28.6 Å². The lowest BCUT2D eigenvalue weighted by Gasteiger charge is -2.62. The van der Waals surface area contributed by atoms with Gasteiger partial charge in [0.05, 0.1) is 12.2 Å². The lowest BCUT2D eigenvalue weighted by molar-refractivity contribution is -0.245. The maximum atomic E-state index is 17.1. The van der Waals surface area contributed by atoms with Gasteiger partial charge in [-0.25, -0.2) is 4.39 Å². The van der Waals surface area contributed by atoms with Gasteiger partial charge in [-0.3, -0.25) is 9.59 Å². The fourth-order valence-electron chi connectivity index (χ4n) is 7.95. The minimum atomic E-state index is -1.91. The van der Waals surface area contributed by atoms with Gasteiger partial charge in [-0.15, -0.1) is 0 Å². The van der Waals surface area contributed by atoms with Gasteiger partial charge in [0.2, 0.25) is 0 Å². The van der Waals surface area contributed by atoms with E-state index in [4.69, 9.17) is 9.47 Å². The maximum Gasteiger partial charge on any atom is 0.178 e. The molecule has 3 saturated carbocycles. The molecule has 6 heteroatoms. The van der Waals surface area contributed by atoms with E-state index in [9.17, 15) is 14.7 Å². The Morgan fingerprint density at radius 1 is 1.23 bits per heavy atom. The lowest BCUT2D eigenvalue weighted by Crippen LogP contribution is -2.69. The zero-order valence-electron chi connectivity index (χ0n) is 18.3. The molecule has 0 radical (unpaired) electrons. The molecule has 30 heavy (non-hydrogen) atoms. The van der Waals surface area contributed by atoms with Crippen LogP contribution < -0.4 is 0 Å². The van der Waals surface area contributed by atoms with Gasteiger partial charge >= 0.3 is 0 Å². The zero-order valence-corrected chi connectivity index (χ0v) is 18.3. The molecule has 5 rings (SSSR count). The Labute approximate surface area is 176 Å². The first-order chi connectivity index (χ1) is 13.8. The van der Waals surface area contributed by atoms with Gasteiger partial charge in [0.1, 0.15) is 0 Å². The Bertz CT molecular complexity index is 907. The molecule has 5 nitrogen and oxygen atoms in total. The van der Waals surface area contributed by atoms with E-state index in [-0.39, 0.29) is 23.9 Å². The van der Waals surface area contributed by atoms with Crippen LogP contribution in [0.3, 0.4) is 0 Å². The number of ether oxygens (including phenoxy) is 2. The molecule has 0 aromatic rings. The number of carbonyl (C=O) groups is 2. The van der Waals surface area contributed by atoms with Crippen LogP contribution in [-0.4, -0.2) is 45.9 Å². The molecule has 0 amide bonds. The van der Waals surface area contributed by atoms with E-state index >= 15 is 4.39 Å². The lowest BCUT2D eigenvalue weighted by atomic mass is 9.44. The summed E-state index contributed by atoms with van der Waals surface area (Å²) in [6, 6.07) is 0. The summed E-state index contributed by atoms with van der Waals surface area (Å²) < 4.78 is 29.6. The van der Waals surface area contributed by atoms with E-state index < -0.39 is 46.0 Å². The van der Waals surface area contributed by atoms with E-state index in [1.54, 1.807) is 26.8 Å². The minimum Gasteiger partial charge on any atom is -0.390 e. The van der Waals surface area contributed by atoms with Crippen LogP contribution in [0.5, 0.6) is 0 Å². The molecule has 1 aliphatic heterocycles. The van der Waals surface area contributed by atoms with Crippen LogP contribution in [0.4, 0.5) is 4.39 Å². The summed E-state index contributed by atoms with van der Waals surface area (Å²) in [4.78, 5) is 25.0. The smallest absolute Gasteiger partial charge is 0.178 e. The highest BCUT2D eigenvalue weighted by Crippen LogP contribution is 2.72. The molecule has 0 unspecified atom stereocenters. The molecule has 0 aromatic carbocycles. The Kier molecular flexibility index (Phi) is 3.90. The molecule has 4 aliphatic carbocycles. The van der Waals surface area contributed by atoms with Crippen LogP contribution >= 0.6 is 0 Å². The average molecular weight is 419 g/mol. The number of hydrogen-bond acceptors (Lipinski definition) is 5. The quantitative estimate of drug-likeness (QED) is 0.706. The van der Waals surface area contributed by atoms with Crippen molar-refractivity contribution < 1.29 is 28.6 Å². The molecule has 0 aromatic heterocycles. The second kappa shape index (κ2) is 5.70. The number of aliphatic hydroxyl groups is 1. The molecular weight excluding hydrogens is 387 g/mol. The van der Waals surface area contributed by atoms with Crippen LogP contribution in [0, 0.1) is 22.7 Å². The Hall–Kier alpha value is -1.37. The summed E-state index contributed by atoms with van der Waals surface area (Å²) in [5, 5.41) is 11.4. The van der Waals surface area contributed by atoms with Gasteiger partial charge in [-0.1, -0.05) is 18.6 Å². The van der Waals surface area contributed by atoms with Gasteiger partial charge in [0.25, 0.3) is 0 Å². The van der Waals surface area contributed by atoms with E-state index in [1.165, 1.54) is 19.1 Å². The number of carbonyl (C=O) groups excluding carboxylic acids is 2. The predicted molar refractivity (Wildman–Crippen MR) is 107 cm³/mol. The van der Waals surface area contributed by atoms with Gasteiger partial charge in [-0.05, 0) is 71.4 Å². The van der Waals surface area contributed by atoms with Crippen molar-refractivity contribution in [1.29, 1.82) is 0 Å². The summed E-state index contributed by atoms with van der Waals surface area (Å²) in [7, 11) is 0. The Morgan fingerprint density at radius 3 is 2.60 bits per heavy atom. The molecule has 0 spiro atoms. The fraction of sp³-hybridized carbons (Fsp3) is 0.750. The summed E-state index contributed by atoms with van der Waals surface area (Å²) in [5.41, 5.74) is -4.11. The summed E-state index contributed by atoms with van der Waals surface area (Å²) in [5.74, 6) is -1.77. The maximum absolute atomic E-state index is 17.1. The number of ketones is 2. The normalized spacial score (nSPS) is 53.4. The van der Waals surface area contributed by atoms with Crippen molar-refractivity contribution in [2.45, 2.75) is 89.6 Å². The van der Waals surface area contributed by atoms with Gasteiger partial charge in [-0.2, -0.15) is 0 Å². The zero-order chi connectivity index (χ0) is 21.9. The number of aliphatic hydroxyl groups excluding tert-OH is 1. The Morgan fingerprint density at radius 2 is 1.93 bits per heavy atom. The van der Waals surface area contributed by atoms with E-state index in [2.05, 4.69) is 0 Å². The van der Waals surface area contributed by atoms with E-state index in [1.807, 2.05) is 6.92 Å². The molecule has 1 heterocycles. The van der Waals surface area contributed by atoms with Crippen LogP contribution in [0.15, 0.2) is 23.8 Å². The molecule has 8 atom stereocenters. The van der Waals surface area contributed by atoms with Crippen LogP contribution in [-0.2, 0) is 19.1 Å². The van der Waals surface area contributed by atoms with Crippen molar-refractivity contribution >= 4 is 11.6 Å². The third-order valence-electron chi connectivity index (χ3n) is 9.16. The highest BCUT2D eigenvalue weighted by Gasteiger charge is 2.79. The molecule has 5 aliphatic rings. The number of allylic oxidation sites excluding steroid dienone is 4. The number of rotatable bonds is 1. The Balaban J connectivity index is 1.64. The van der Waals surface area contributed by atoms with Crippen molar-refractivity contribution in [2.24, 2.45) is 22.7 Å². The number of hydrogen-bond donors (Lipinski definition) is 1. The monoisotopic (exact) mass is 418 g/mol. The van der Waals surface area contributed by atoms with Crippen molar-refractivity contribution in [1.82, 2.24) is 0 Å². The fourth-order valence-corrected chi connectivity index (χ4v) is 7.95. The first-order valence-corrected chi connectivity index (χ1v) is 11.0. The van der Waals surface area contributed by atoms with E-state index in [0.717, 1.165) is 5.57 Å². The van der Waals surface area contributed by atoms with Gasteiger partial charge in [0, 0.05) is 16.7 Å². The molecule has 1 saturated heterocycles. The van der Waals surface area contributed by atoms with Crippen LogP contribution in [0.1, 0.15) is 60.3 Å². The molecular formula is C24H31FO5. The van der Waals surface area contributed by atoms with Crippen LogP contribution in [0.2, 0.25) is 0 Å². The second-order valence-electron chi connectivity index (χ2n) is 10.9. The van der Waals surface area contributed by atoms with Gasteiger partial charge < -0.3 is 14.6 Å². The van der Waals surface area contributed by atoms with Crippen molar-refractivity contribution in [2.75, 3.05) is 0 Å². The third-order valence-corrected chi connectivity index (χ3v) is 9.16. The van der Waals surface area contributed by atoms with Crippen molar-refractivity contribution in [3.05, 3.63) is 23.8 Å². The van der Waals surface area contributed by atoms with Crippen molar-refractivity contribution in [3.8, 4) is 0 Å². The summed E-state index contributed by atoms with van der Waals surface area (Å²) in [6.07, 6.45) is 4.64. The first-order valence-electron chi connectivity index (χ1n) is 11.0. The number of fused-ring (bicyclic) bond motifs is 7. The highest BCUT2D eigenvalue weighted by atomic mass is 19.1. The van der Waals surface area contributed by atoms with Crippen LogP contribution in [0.25, 0.3) is 0 Å². The predicted octanol–water partition coefficient (Wildman–Crippen LogP) is 3.45. The molecule has 164 valence electrons.